The van der Waals surface area contributed by atoms with E-state index in [0.717, 1.165) is 26.2 Å². The van der Waals surface area contributed by atoms with Crippen molar-refractivity contribution in [3.05, 3.63) is 114 Å². The van der Waals surface area contributed by atoms with Crippen LogP contribution >= 0.6 is 24.0 Å². The molecule has 1 saturated heterocycles. The Balaban J connectivity index is 1.34. The number of benzene rings is 4. The molecule has 1 fully saturated rings. The lowest BCUT2D eigenvalue weighted by Crippen LogP contribution is -2.62. The number of hydrazine groups is 1. The molecule has 2 N–H and O–H groups in total. The summed E-state index contributed by atoms with van der Waals surface area (Å²) in [5, 5.41) is 11.2. The molecule has 4 aromatic rings. The van der Waals surface area contributed by atoms with Crippen LogP contribution in [0.25, 0.3) is 6.08 Å². The fourth-order valence-electron chi connectivity index (χ4n) is 4.64. The van der Waals surface area contributed by atoms with Gasteiger partial charge in [-0.3, -0.25) is 24.2 Å². The van der Waals surface area contributed by atoms with Gasteiger partial charge in [0.05, 0.1) is 23.6 Å². The summed E-state index contributed by atoms with van der Waals surface area (Å²) in [6.45, 7) is -0.292. The molecule has 0 aliphatic carbocycles. The van der Waals surface area contributed by atoms with Gasteiger partial charge >= 0.3 is 0 Å². The van der Waals surface area contributed by atoms with Crippen molar-refractivity contribution >= 4 is 70.0 Å². The fraction of sp³-hybridized carbons (Fsp3) is 0.0323. The van der Waals surface area contributed by atoms with Crippen molar-refractivity contribution in [2.24, 2.45) is 0 Å². The third kappa shape index (κ3) is 4.89. The van der Waals surface area contributed by atoms with E-state index < -0.39 is 11.8 Å². The SMILES string of the molecule is O=C1/C(=C/c2ccccc2O)C(=O)N(c2ccccc2)C(=S)N1NCC(=O)N1c2ccccc2Sc2ccccc21. The zero-order chi connectivity index (χ0) is 28.5. The number of fused-ring (bicyclic) bond motifs is 2. The van der Waals surface area contributed by atoms with Gasteiger partial charge in [-0.2, -0.15) is 0 Å². The number of aromatic hydroxyl groups is 1. The van der Waals surface area contributed by atoms with Gasteiger partial charge in [-0.1, -0.05) is 72.4 Å². The number of rotatable bonds is 5. The molecule has 0 bridgehead atoms. The van der Waals surface area contributed by atoms with Gasteiger partial charge in [-0.05, 0) is 60.8 Å². The maximum Gasteiger partial charge on any atom is 0.280 e. The van der Waals surface area contributed by atoms with Crippen molar-refractivity contribution in [1.29, 1.82) is 0 Å². The molecule has 2 aliphatic rings. The number of carbonyl (C=O) groups excluding carboxylic acids is 3. The molecule has 0 radical (unpaired) electrons. The number of anilines is 3. The lowest BCUT2D eigenvalue weighted by atomic mass is 10.1. The van der Waals surface area contributed by atoms with Crippen molar-refractivity contribution < 1.29 is 19.5 Å². The third-order valence-electron chi connectivity index (χ3n) is 6.57. The molecule has 0 aromatic heterocycles. The predicted octanol–water partition coefficient (Wildman–Crippen LogP) is 5.27. The first-order valence-electron chi connectivity index (χ1n) is 12.6. The van der Waals surface area contributed by atoms with Crippen LogP contribution in [0.2, 0.25) is 0 Å². The second-order valence-corrected chi connectivity index (χ2v) is 10.6. The first-order chi connectivity index (χ1) is 19.9. The predicted molar refractivity (Wildman–Crippen MR) is 162 cm³/mol. The zero-order valence-corrected chi connectivity index (χ0v) is 23.1. The average molecular weight is 579 g/mol. The molecule has 0 unspecified atom stereocenters. The minimum Gasteiger partial charge on any atom is -0.507 e. The Morgan fingerprint density at radius 1 is 0.805 bits per heavy atom. The molecule has 6 rings (SSSR count). The van der Waals surface area contributed by atoms with E-state index >= 15 is 0 Å². The highest BCUT2D eigenvalue weighted by atomic mass is 32.2. The van der Waals surface area contributed by atoms with Crippen LogP contribution in [0.3, 0.4) is 0 Å². The summed E-state index contributed by atoms with van der Waals surface area (Å²) in [7, 11) is 0. The van der Waals surface area contributed by atoms with Gasteiger partial charge in [-0.25, -0.2) is 10.4 Å². The van der Waals surface area contributed by atoms with E-state index in [2.05, 4.69) is 5.43 Å². The minimum absolute atomic E-state index is 0.0880. The van der Waals surface area contributed by atoms with Gasteiger partial charge in [0.1, 0.15) is 11.3 Å². The molecule has 0 spiro atoms. The van der Waals surface area contributed by atoms with Crippen LogP contribution in [0.15, 0.2) is 118 Å². The van der Waals surface area contributed by atoms with E-state index in [1.54, 1.807) is 65.2 Å². The van der Waals surface area contributed by atoms with E-state index in [0.29, 0.717) is 11.3 Å². The van der Waals surface area contributed by atoms with Gasteiger partial charge in [0, 0.05) is 15.4 Å². The summed E-state index contributed by atoms with van der Waals surface area (Å²) < 4.78 is 0. The fourth-order valence-corrected chi connectivity index (χ4v) is 6.03. The number of nitrogens with zero attached hydrogens (tertiary/aromatic N) is 3. The molecule has 202 valence electrons. The van der Waals surface area contributed by atoms with Gasteiger partial charge in [-0.15, -0.1) is 0 Å². The Morgan fingerprint density at radius 2 is 1.39 bits per heavy atom. The van der Waals surface area contributed by atoms with Gasteiger partial charge in [0.25, 0.3) is 11.8 Å². The maximum absolute atomic E-state index is 13.8. The molecule has 4 aromatic carbocycles. The van der Waals surface area contributed by atoms with Crippen molar-refractivity contribution in [2.45, 2.75) is 9.79 Å². The van der Waals surface area contributed by atoms with Crippen molar-refractivity contribution in [2.75, 3.05) is 16.3 Å². The summed E-state index contributed by atoms with van der Waals surface area (Å²) in [5.41, 5.74) is 4.86. The summed E-state index contributed by atoms with van der Waals surface area (Å²) in [6.07, 6.45) is 1.32. The first-order valence-corrected chi connectivity index (χ1v) is 13.9. The number of phenolic OH excluding ortho intramolecular Hbond substituents is 1. The van der Waals surface area contributed by atoms with Crippen LogP contribution in [0.4, 0.5) is 17.1 Å². The highest BCUT2D eigenvalue weighted by Gasteiger charge is 2.41. The number of carbonyl (C=O) groups is 3. The summed E-state index contributed by atoms with van der Waals surface area (Å²) in [4.78, 5) is 45.7. The molecule has 0 saturated carbocycles. The van der Waals surface area contributed by atoms with Gasteiger partial charge in [0.15, 0.2) is 0 Å². The molecule has 3 amide bonds. The topological polar surface area (TPSA) is 93.2 Å². The molecule has 8 nitrogen and oxygen atoms in total. The number of hydrogen-bond acceptors (Lipinski definition) is 7. The largest absolute Gasteiger partial charge is 0.507 e. The number of amides is 3. The smallest absolute Gasteiger partial charge is 0.280 e. The van der Waals surface area contributed by atoms with Crippen LogP contribution in [0.1, 0.15) is 5.56 Å². The molecular formula is C31H22N4O4S2. The Morgan fingerprint density at radius 3 is 2.05 bits per heavy atom. The van der Waals surface area contributed by atoms with E-state index in [9.17, 15) is 19.5 Å². The highest BCUT2D eigenvalue weighted by Crippen LogP contribution is 2.47. The molecule has 0 atom stereocenters. The van der Waals surface area contributed by atoms with Crippen LogP contribution < -0.4 is 15.2 Å². The normalized spacial score (nSPS) is 15.7. The number of hydrogen-bond donors (Lipinski definition) is 2. The first kappa shape index (κ1) is 26.5. The summed E-state index contributed by atoms with van der Waals surface area (Å²) in [6, 6.07) is 30.3. The molecule has 2 heterocycles. The Labute approximate surface area is 245 Å². The number of para-hydroxylation sites is 4. The number of thiocarbonyl (C=S) groups is 1. The lowest BCUT2D eigenvalue weighted by molar-refractivity contribution is -0.130. The molecule has 2 aliphatic heterocycles. The van der Waals surface area contributed by atoms with Gasteiger partial charge in [0.2, 0.25) is 11.0 Å². The van der Waals surface area contributed by atoms with Crippen LogP contribution in [-0.2, 0) is 14.4 Å². The van der Waals surface area contributed by atoms with Crippen LogP contribution in [0, 0.1) is 0 Å². The highest BCUT2D eigenvalue weighted by molar-refractivity contribution is 7.99. The average Bonchev–Trinajstić information content (AvgIpc) is 2.99. The quantitative estimate of drug-likeness (QED) is 0.189. The van der Waals surface area contributed by atoms with E-state index in [4.69, 9.17) is 12.2 Å². The number of nitrogens with one attached hydrogen (secondary N) is 1. The van der Waals surface area contributed by atoms with E-state index in [1.165, 1.54) is 17.0 Å². The van der Waals surface area contributed by atoms with Crippen molar-refractivity contribution in [1.82, 2.24) is 10.4 Å². The maximum atomic E-state index is 13.8. The summed E-state index contributed by atoms with van der Waals surface area (Å²) >= 11 is 7.18. The molecule has 10 heteroatoms. The minimum atomic E-state index is -0.738. The Hall–Kier alpha value is -4.77. The zero-order valence-electron chi connectivity index (χ0n) is 21.4. The van der Waals surface area contributed by atoms with Crippen LogP contribution in [-0.4, -0.2) is 39.5 Å². The Bertz CT molecular complexity index is 1700. The summed E-state index contributed by atoms with van der Waals surface area (Å²) in [5.74, 6) is -1.79. The van der Waals surface area contributed by atoms with Gasteiger partial charge < -0.3 is 5.11 Å². The monoisotopic (exact) mass is 578 g/mol. The van der Waals surface area contributed by atoms with Crippen molar-refractivity contribution in [3.8, 4) is 5.75 Å². The third-order valence-corrected chi connectivity index (χ3v) is 8.07. The second kappa shape index (κ2) is 11.0. The molecule has 41 heavy (non-hydrogen) atoms. The van der Waals surface area contributed by atoms with E-state index in [1.807, 2.05) is 48.5 Å². The van der Waals surface area contributed by atoms with Crippen LogP contribution in [0.5, 0.6) is 5.75 Å². The second-order valence-electron chi connectivity index (χ2n) is 9.12. The van der Waals surface area contributed by atoms with E-state index in [-0.39, 0.29) is 28.9 Å². The molecular weight excluding hydrogens is 556 g/mol. The Kier molecular flexibility index (Phi) is 7.10. The number of phenols is 1. The van der Waals surface area contributed by atoms with Crippen molar-refractivity contribution in [3.63, 3.8) is 0 Å². The standard InChI is InChI=1S/C31H22N4O4S2/c36-25-15-7-4-10-20(25)18-22-29(38)33(21-11-2-1-3-12-21)31(40)35(30(22)39)32-19-28(37)34-23-13-5-8-16-26(23)41-27-17-9-6-14-24(27)34/h1-18,32,36H,19H2/b22-18+. The lowest BCUT2D eigenvalue weighted by Gasteiger charge is -2.37.